The Morgan fingerprint density at radius 2 is 2.09 bits per heavy atom. The highest BCUT2D eigenvalue weighted by atomic mass is 32.2. The van der Waals surface area contributed by atoms with E-state index in [9.17, 15) is 19.2 Å². The molecule has 2 rings (SSSR count). The van der Waals surface area contributed by atoms with E-state index < -0.39 is 28.3 Å². The number of nitrogens with one attached hydrogen (secondary N) is 1. The number of aldehydes is 1. The summed E-state index contributed by atoms with van der Waals surface area (Å²) in [6.45, 7) is 1.50. The molecule has 0 radical (unpaired) electrons. The van der Waals surface area contributed by atoms with Crippen LogP contribution in [0.2, 0.25) is 0 Å². The minimum absolute atomic E-state index is 0.139. The van der Waals surface area contributed by atoms with Crippen LogP contribution in [-0.2, 0) is 9.59 Å². The highest BCUT2D eigenvalue weighted by Gasteiger charge is 2.40. The van der Waals surface area contributed by atoms with E-state index in [-0.39, 0.29) is 11.5 Å². The van der Waals surface area contributed by atoms with Crippen molar-refractivity contribution in [3.63, 3.8) is 0 Å². The summed E-state index contributed by atoms with van der Waals surface area (Å²) in [6, 6.07) is 4.34. The molecule has 1 saturated heterocycles. The minimum Gasteiger partial charge on any atom is -0.493 e. The first-order chi connectivity index (χ1) is 10.5. The molecule has 0 aliphatic carbocycles. The first-order valence-electron chi connectivity index (χ1n) is 6.32. The van der Waals surface area contributed by atoms with Gasteiger partial charge in [-0.05, 0) is 18.2 Å². The number of methoxy groups -OCH3 is 1. The quantitative estimate of drug-likeness (QED) is 0.497. The molecule has 2 amide bonds. The molecule has 1 N–H and O–H groups in total. The number of carbonyl (C=O) groups excluding carboxylic acids is 4. The zero-order chi connectivity index (χ0) is 16.3. The highest BCUT2D eigenvalue weighted by molar-refractivity contribution is 8.15. The standard InChI is InChI=1S/C14H13NO6S/c1-7(11-12(17)15-14(19)22-11)13(18)21-9-4-3-8(6-16)5-10(9)20-2/h3-7,11H,1-2H3,(H,15,17,19). The fourth-order valence-electron chi connectivity index (χ4n) is 1.87. The minimum atomic E-state index is -0.819. The second-order valence-corrected chi connectivity index (χ2v) is 5.67. The van der Waals surface area contributed by atoms with Crippen molar-refractivity contribution >= 4 is 35.2 Å². The molecule has 7 nitrogen and oxygen atoms in total. The zero-order valence-electron chi connectivity index (χ0n) is 11.8. The number of rotatable bonds is 5. The van der Waals surface area contributed by atoms with Gasteiger partial charge in [0.25, 0.3) is 5.24 Å². The predicted molar refractivity (Wildman–Crippen MR) is 78.1 cm³/mol. The van der Waals surface area contributed by atoms with Gasteiger partial charge in [-0.15, -0.1) is 0 Å². The smallest absolute Gasteiger partial charge is 0.315 e. The Morgan fingerprint density at radius 3 is 2.64 bits per heavy atom. The van der Waals surface area contributed by atoms with Crippen LogP contribution in [0.25, 0.3) is 0 Å². The van der Waals surface area contributed by atoms with Crippen LogP contribution < -0.4 is 14.8 Å². The Morgan fingerprint density at radius 1 is 1.36 bits per heavy atom. The molecule has 1 aliphatic rings. The number of carbonyl (C=O) groups is 4. The number of esters is 1. The van der Waals surface area contributed by atoms with Gasteiger partial charge in [0.15, 0.2) is 11.5 Å². The van der Waals surface area contributed by atoms with Gasteiger partial charge in [0.1, 0.15) is 11.5 Å². The molecule has 1 heterocycles. The van der Waals surface area contributed by atoms with Gasteiger partial charge in [-0.3, -0.25) is 24.5 Å². The van der Waals surface area contributed by atoms with Gasteiger partial charge in [0.05, 0.1) is 13.0 Å². The predicted octanol–water partition coefficient (Wildman–Crippen LogP) is 1.40. The largest absolute Gasteiger partial charge is 0.493 e. The lowest BCUT2D eigenvalue weighted by Crippen LogP contribution is -2.34. The van der Waals surface area contributed by atoms with E-state index in [0.29, 0.717) is 11.8 Å². The maximum Gasteiger partial charge on any atom is 0.315 e. The Labute approximate surface area is 130 Å². The third-order valence-corrected chi connectivity index (χ3v) is 4.27. The molecule has 0 aromatic heterocycles. The molecular weight excluding hydrogens is 310 g/mol. The summed E-state index contributed by atoms with van der Waals surface area (Å²) in [5.41, 5.74) is 0.376. The number of ether oxygens (including phenoxy) is 2. The Balaban J connectivity index is 2.13. The van der Waals surface area contributed by atoms with Crippen molar-refractivity contribution < 1.29 is 28.7 Å². The van der Waals surface area contributed by atoms with Gasteiger partial charge in [-0.2, -0.15) is 0 Å². The summed E-state index contributed by atoms with van der Waals surface area (Å²) in [5.74, 6) is -1.63. The van der Waals surface area contributed by atoms with E-state index >= 15 is 0 Å². The SMILES string of the molecule is COc1cc(C=O)ccc1OC(=O)C(C)C1SC(=O)NC1=O. The summed E-state index contributed by atoms with van der Waals surface area (Å²) in [5, 5.41) is 0.815. The highest BCUT2D eigenvalue weighted by Crippen LogP contribution is 2.31. The van der Waals surface area contributed by atoms with Crippen molar-refractivity contribution in [2.45, 2.75) is 12.2 Å². The van der Waals surface area contributed by atoms with Crippen LogP contribution >= 0.6 is 11.8 Å². The lowest BCUT2D eigenvalue weighted by Gasteiger charge is -2.15. The molecule has 8 heteroatoms. The molecule has 116 valence electrons. The second-order valence-electron chi connectivity index (χ2n) is 4.55. The van der Waals surface area contributed by atoms with Crippen molar-refractivity contribution in [3.05, 3.63) is 23.8 Å². The van der Waals surface area contributed by atoms with Gasteiger partial charge >= 0.3 is 5.97 Å². The molecule has 22 heavy (non-hydrogen) atoms. The molecule has 0 spiro atoms. The number of thioether (sulfide) groups is 1. The summed E-state index contributed by atoms with van der Waals surface area (Å²) in [7, 11) is 1.38. The van der Waals surface area contributed by atoms with Crippen molar-refractivity contribution in [1.82, 2.24) is 5.32 Å². The van der Waals surface area contributed by atoms with Crippen LogP contribution in [0.4, 0.5) is 4.79 Å². The van der Waals surface area contributed by atoms with E-state index in [0.717, 1.165) is 11.8 Å². The van der Waals surface area contributed by atoms with E-state index in [1.165, 1.54) is 32.2 Å². The first kappa shape index (κ1) is 16.0. The van der Waals surface area contributed by atoms with Crippen LogP contribution in [0.5, 0.6) is 11.5 Å². The Kier molecular flexibility index (Phi) is 4.81. The summed E-state index contributed by atoms with van der Waals surface area (Å²) in [4.78, 5) is 45.5. The summed E-state index contributed by atoms with van der Waals surface area (Å²) < 4.78 is 10.3. The Hall–Kier alpha value is -2.35. The number of hydrogen-bond acceptors (Lipinski definition) is 7. The number of amides is 2. The molecule has 0 bridgehead atoms. The van der Waals surface area contributed by atoms with Gasteiger partial charge < -0.3 is 9.47 Å². The van der Waals surface area contributed by atoms with Crippen LogP contribution in [0.3, 0.4) is 0 Å². The van der Waals surface area contributed by atoms with Crippen LogP contribution in [0.1, 0.15) is 17.3 Å². The molecule has 2 atom stereocenters. The molecule has 1 aromatic carbocycles. The maximum atomic E-state index is 12.1. The fourth-order valence-corrected chi connectivity index (χ4v) is 2.74. The summed E-state index contributed by atoms with van der Waals surface area (Å²) >= 11 is 0.759. The average Bonchev–Trinajstić information content (AvgIpc) is 2.85. The second kappa shape index (κ2) is 6.61. The number of imide groups is 1. The van der Waals surface area contributed by atoms with Crippen LogP contribution in [0, 0.1) is 5.92 Å². The van der Waals surface area contributed by atoms with E-state index in [2.05, 4.69) is 5.32 Å². The number of hydrogen-bond donors (Lipinski definition) is 1. The lowest BCUT2D eigenvalue weighted by atomic mass is 10.1. The van der Waals surface area contributed by atoms with Crippen molar-refractivity contribution in [2.24, 2.45) is 5.92 Å². The Bertz CT molecular complexity index is 644. The topological polar surface area (TPSA) is 98.8 Å². The molecule has 0 saturated carbocycles. The third kappa shape index (κ3) is 3.28. The number of benzene rings is 1. The molecule has 1 aromatic rings. The van der Waals surface area contributed by atoms with E-state index in [4.69, 9.17) is 9.47 Å². The molecular formula is C14H13NO6S. The van der Waals surface area contributed by atoms with Gasteiger partial charge in [0, 0.05) is 5.56 Å². The first-order valence-corrected chi connectivity index (χ1v) is 7.20. The van der Waals surface area contributed by atoms with Gasteiger partial charge in [0.2, 0.25) is 5.91 Å². The molecule has 1 fully saturated rings. The zero-order valence-corrected chi connectivity index (χ0v) is 12.6. The summed E-state index contributed by atoms with van der Waals surface area (Å²) in [6.07, 6.45) is 0.641. The monoisotopic (exact) mass is 323 g/mol. The van der Waals surface area contributed by atoms with Crippen LogP contribution in [-0.4, -0.2) is 35.8 Å². The van der Waals surface area contributed by atoms with Gasteiger partial charge in [-0.1, -0.05) is 18.7 Å². The van der Waals surface area contributed by atoms with Gasteiger partial charge in [-0.25, -0.2) is 0 Å². The van der Waals surface area contributed by atoms with Crippen LogP contribution in [0.15, 0.2) is 18.2 Å². The molecule has 2 unspecified atom stereocenters. The molecule has 1 aliphatic heterocycles. The maximum absolute atomic E-state index is 12.1. The average molecular weight is 323 g/mol. The van der Waals surface area contributed by atoms with Crippen molar-refractivity contribution in [3.8, 4) is 11.5 Å². The fraction of sp³-hybridized carbons (Fsp3) is 0.286. The normalized spacial score (nSPS) is 18.5. The van der Waals surface area contributed by atoms with E-state index in [1.54, 1.807) is 0 Å². The van der Waals surface area contributed by atoms with E-state index in [1.807, 2.05) is 0 Å². The lowest BCUT2D eigenvalue weighted by molar-refractivity contribution is -0.140. The van der Waals surface area contributed by atoms with Crippen molar-refractivity contribution in [2.75, 3.05) is 7.11 Å². The third-order valence-electron chi connectivity index (χ3n) is 3.08. The van der Waals surface area contributed by atoms with Crippen molar-refractivity contribution in [1.29, 1.82) is 0 Å².